The number of likely N-dealkylation sites (N-methyl/N-ethyl adjacent to an activating group) is 1. The van der Waals surface area contributed by atoms with Crippen molar-refractivity contribution in [3.8, 4) is 5.75 Å². The highest BCUT2D eigenvalue weighted by Gasteiger charge is 2.43. The molecule has 4 nitrogen and oxygen atoms in total. The van der Waals surface area contributed by atoms with Crippen LogP contribution in [0.3, 0.4) is 0 Å². The van der Waals surface area contributed by atoms with Crippen LogP contribution in [0.25, 0.3) is 0 Å². The summed E-state index contributed by atoms with van der Waals surface area (Å²) < 4.78 is 30.8. The highest BCUT2D eigenvalue weighted by Crippen LogP contribution is 2.31. The van der Waals surface area contributed by atoms with Gasteiger partial charge in [-0.1, -0.05) is 15.9 Å². The van der Waals surface area contributed by atoms with Crippen LogP contribution in [0.1, 0.15) is 6.42 Å². The van der Waals surface area contributed by atoms with Crippen molar-refractivity contribution in [1.29, 1.82) is 0 Å². The molecule has 1 aliphatic rings. The van der Waals surface area contributed by atoms with Crippen LogP contribution in [0.5, 0.6) is 5.75 Å². The molecule has 20 heavy (non-hydrogen) atoms. The number of hydrogen-bond donors (Lipinski definition) is 1. The Balaban J connectivity index is 1.94. The number of methoxy groups -OCH3 is 1. The average Bonchev–Trinajstić information content (AvgIpc) is 2.41. The molecule has 3 unspecified atom stereocenters. The topological polar surface area (TPSA) is 39.7 Å². The summed E-state index contributed by atoms with van der Waals surface area (Å²) >= 11 is 3.22. The van der Waals surface area contributed by atoms with Gasteiger partial charge < -0.3 is 19.5 Å². The van der Waals surface area contributed by atoms with E-state index in [-0.39, 0.29) is 29.8 Å². The van der Waals surface area contributed by atoms with Crippen LogP contribution in [0, 0.1) is 5.82 Å². The molecule has 2 rings (SSSR count). The number of hydrogen-bond acceptors (Lipinski definition) is 4. The molecule has 0 radical (unpaired) electrons. The van der Waals surface area contributed by atoms with E-state index < -0.39 is 0 Å². The summed E-state index contributed by atoms with van der Waals surface area (Å²) in [5, 5.41) is 3.17. The van der Waals surface area contributed by atoms with Crippen molar-refractivity contribution < 1.29 is 18.6 Å². The Morgan fingerprint density at radius 1 is 1.40 bits per heavy atom. The lowest BCUT2D eigenvalue weighted by molar-refractivity contribution is -0.115. The first-order valence-corrected chi connectivity index (χ1v) is 7.34. The van der Waals surface area contributed by atoms with E-state index in [9.17, 15) is 4.39 Å². The Bertz CT molecular complexity index is 446. The second-order valence-corrected chi connectivity index (χ2v) is 5.61. The molecule has 0 aromatic heterocycles. The second-order valence-electron chi connectivity index (χ2n) is 4.69. The maximum atomic E-state index is 13.8. The van der Waals surface area contributed by atoms with Gasteiger partial charge in [-0.05, 0) is 25.2 Å². The predicted molar refractivity (Wildman–Crippen MR) is 77.6 cm³/mol. The van der Waals surface area contributed by atoms with Gasteiger partial charge in [0, 0.05) is 24.0 Å². The molecule has 1 aliphatic carbocycles. The van der Waals surface area contributed by atoms with Crippen LogP contribution >= 0.6 is 15.9 Å². The van der Waals surface area contributed by atoms with Gasteiger partial charge in [0.15, 0.2) is 11.6 Å². The lowest BCUT2D eigenvalue weighted by Crippen LogP contribution is -2.60. The van der Waals surface area contributed by atoms with Crippen molar-refractivity contribution in [2.45, 2.75) is 24.7 Å². The van der Waals surface area contributed by atoms with E-state index in [4.69, 9.17) is 14.2 Å². The molecule has 0 heterocycles. The van der Waals surface area contributed by atoms with Crippen molar-refractivity contribution in [2.75, 3.05) is 27.4 Å². The monoisotopic (exact) mass is 347 g/mol. The van der Waals surface area contributed by atoms with Crippen molar-refractivity contribution in [3.63, 3.8) is 0 Å². The molecule has 0 aliphatic heterocycles. The van der Waals surface area contributed by atoms with Crippen molar-refractivity contribution in [2.24, 2.45) is 0 Å². The fourth-order valence-electron chi connectivity index (χ4n) is 2.20. The molecule has 1 aromatic rings. The third-order valence-electron chi connectivity index (χ3n) is 3.39. The van der Waals surface area contributed by atoms with Crippen molar-refractivity contribution in [1.82, 2.24) is 5.32 Å². The summed E-state index contributed by atoms with van der Waals surface area (Å²) in [6.07, 6.45) is 0.571. The summed E-state index contributed by atoms with van der Waals surface area (Å²) in [4.78, 5) is 0. The lowest BCUT2D eigenvalue weighted by Gasteiger charge is -2.43. The van der Waals surface area contributed by atoms with E-state index >= 15 is 0 Å². The number of nitrogens with one attached hydrogen (secondary N) is 1. The summed E-state index contributed by atoms with van der Waals surface area (Å²) in [5.41, 5.74) is 0. The average molecular weight is 348 g/mol. The number of rotatable bonds is 7. The Labute approximate surface area is 126 Å². The molecule has 1 N–H and O–H groups in total. The summed E-state index contributed by atoms with van der Waals surface area (Å²) in [7, 11) is 3.51. The van der Waals surface area contributed by atoms with E-state index in [2.05, 4.69) is 21.2 Å². The van der Waals surface area contributed by atoms with Crippen LogP contribution in [-0.4, -0.2) is 45.6 Å². The molecule has 3 atom stereocenters. The minimum atomic E-state index is -0.372. The SMILES string of the molecule is CNC1CC(Oc2ccc(Br)cc2F)C1OCCOC. The minimum Gasteiger partial charge on any atom is -0.485 e. The van der Waals surface area contributed by atoms with Crippen molar-refractivity contribution in [3.05, 3.63) is 28.5 Å². The summed E-state index contributed by atoms with van der Waals surface area (Å²) in [6.45, 7) is 1.04. The van der Waals surface area contributed by atoms with E-state index in [0.717, 1.165) is 6.42 Å². The maximum Gasteiger partial charge on any atom is 0.166 e. The molecule has 1 aromatic carbocycles. The third-order valence-corrected chi connectivity index (χ3v) is 3.88. The number of benzene rings is 1. The Hall–Kier alpha value is -0.690. The Morgan fingerprint density at radius 3 is 2.85 bits per heavy atom. The zero-order valence-corrected chi connectivity index (χ0v) is 13.2. The molecule has 0 amide bonds. The van der Waals surface area contributed by atoms with Gasteiger partial charge in [-0.2, -0.15) is 0 Å². The van der Waals surface area contributed by atoms with E-state index in [1.54, 1.807) is 19.2 Å². The van der Waals surface area contributed by atoms with Gasteiger partial charge >= 0.3 is 0 Å². The van der Waals surface area contributed by atoms with E-state index in [1.807, 2.05) is 7.05 Å². The first-order chi connectivity index (χ1) is 9.65. The van der Waals surface area contributed by atoms with E-state index in [0.29, 0.717) is 17.7 Å². The number of halogens is 2. The van der Waals surface area contributed by atoms with Crippen molar-refractivity contribution >= 4 is 15.9 Å². The summed E-state index contributed by atoms with van der Waals surface area (Å²) in [5.74, 6) is -0.115. The second kappa shape index (κ2) is 7.36. The normalized spacial score (nSPS) is 25.3. The molecule has 1 saturated carbocycles. The van der Waals surface area contributed by atoms with Gasteiger partial charge in [-0.25, -0.2) is 4.39 Å². The summed E-state index contributed by atoms with van der Waals surface area (Å²) in [6, 6.07) is 5.01. The zero-order valence-electron chi connectivity index (χ0n) is 11.6. The van der Waals surface area contributed by atoms with E-state index in [1.165, 1.54) is 6.07 Å². The molecule has 6 heteroatoms. The van der Waals surface area contributed by atoms with Crippen LogP contribution < -0.4 is 10.1 Å². The standard InChI is InChI=1S/C14H19BrFNO3/c1-17-11-8-13(14(11)19-6-5-18-2)20-12-4-3-9(15)7-10(12)16/h3-4,7,11,13-14,17H,5-6,8H2,1-2H3. The van der Waals surface area contributed by atoms with Crippen LogP contribution in [-0.2, 0) is 9.47 Å². The van der Waals surface area contributed by atoms with Gasteiger partial charge in [-0.3, -0.25) is 0 Å². The predicted octanol–water partition coefficient (Wildman–Crippen LogP) is 2.36. The van der Waals surface area contributed by atoms with Crippen LogP contribution in [0.4, 0.5) is 4.39 Å². The third kappa shape index (κ3) is 3.69. The highest BCUT2D eigenvalue weighted by molar-refractivity contribution is 9.10. The molecule has 0 saturated heterocycles. The molecular weight excluding hydrogens is 329 g/mol. The van der Waals surface area contributed by atoms with Crippen LogP contribution in [0.15, 0.2) is 22.7 Å². The quantitative estimate of drug-likeness (QED) is 0.768. The Kier molecular flexibility index (Phi) is 5.77. The first kappa shape index (κ1) is 15.7. The van der Waals surface area contributed by atoms with Gasteiger partial charge in [0.05, 0.1) is 13.2 Å². The fraction of sp³-hybridized carbons (Fsp3) is 0.571. The molecule has 0 spiro atoms. The number of ether oxygens (including phenoxy) is 3. The Morgan fingerprint density at radius 2 is 2.20 bits per heavy atom. The largest absolute Gasteiger partial charge is 0.485 e. The van der Waals surface area contributed by atoms with Gasteiger partial charge in [-0.15, -0.1) is 0 Å². The van der Waals surface area contributed by atoms with Gasteiger partial charge in [0.1, 0.15) is 12.2 Å². The van der Waals surface area contributed by atoms with Crippen LogP contribution in [0.2, 0.25) is 0 Å². The molecule has 112 valence electrons. The molecular formula is C14H19BrFNO3. The minimum absolute atomic E-state index is 0.0850. The fourth-order valence-corrected chi connectivity index (χ4v) is 2.54. The zero-order chi connectivity index (χ0) is 14.5. The smallest absolute Gasteiger partial charge is 0.166 e. The maximum absolute atomic E-state index is 13.8. The molecule has 0 bridgehead atoms. The first-order valence-electron chi connectivity index (χ1n) is 6.55. The van der Waals surface area contributed by atoms with Gasteiger partial charge in [0.25, 0.3) is 0 Å². The lowest BCUT2D eigenvalue weighted by atomic mass is 9.85. The molecule has 1 fully saturated rings. The van der Waals surface area contributed by atoms with Gasteiger partial charge in [0.2, 0.25) is 0 Å². The highest BCUT2D eigenvalue weighted by atomic mass is 79.9.